The zero-order valence-corrected chi connectivity index (χ0v) is 11.3. The minimum absolute atomic E-state index is 0.0504. The van der Waals surface area contributed by atoms with E-state index in [1.54, 1.807) is 18.2 Å². The van der Waals surface area contributed by atoms with E-state index in [9.17, 15) is 9.59 Å². The molecule has 0 aliphatic rings. The van der Waals surface area contributed by atoms with Crippen molar-refractivity contribution in [2.24, 2.45) is 0 Å². The van der Waals surface area contributed by atoms with E-state index < -0.39 is 12.1 Å². The molecule has 0 atom stereocenters. The Morgan fingerprint density at radius 2 is 2.05 bits per heavy atom. The van der Waals surface area contributed by atoms with Crippen LogP contribution in [0.25, 0.3) is 0 Å². The quantitative estimate of drug-likeness (QED) is 0.896. The second kappa shape index (κ2) is 6.85. The molecule has 0 spiro atoms. The average molecular weight is 297 g/mol. The normalized spacial score (nSPS) is 9.59. The van der Waals surface area contributed by atoms with Crippen molar-refractivity contribution in [3.63, 3.8) is 0 Å². The van der Waals surface area contributed by atoms with Crippen LogP contribution in [0.3, 0.4) is 0 Å². The third-order valence-electron chi connectivity index (χ3n) is 2.69. The van der Waals surface area contributed by atoms with Crippen molar-refractivity contribution in [2.45, 2.75) is 6.61 Å². The van der Waals surface area contributed by atoms with Crippen LogP contribution in [0.4, 0.5) is 10.6 Å². The van der Waals surface area contributed by atoms with Gasteiger partial charge in [0.25, 0.3) is 0 Å². The number of ether oxygens (including phenoxy) is 1. The molecule has 0 unspecified atom stereocenters. The van der Waals surface area contributed by atoms with Gasteiger partial charge in [-0.2, -0.15) is 5.26 Å². The molecule has 0 saturated heterocycles. The molecule has 1 amide bonds. The van der Waals surface area contributed by atoms with Gasteiger partial charge in [0.1, 0.15) is 12.7 Å². The van der Waals surface area contributed by atoms with Crippen molar-refractivity contribution >= 4 is 17.9 Å². The molecule has 7 nitrogen and oxygen atoms in total. The summed E-state index contributed by atoms with van der Waals surface area (Å²) in [5, 5.41) is 20.1. The first-order valence-electron chi connectivity index (χ1n) is 6.21. The van der Waals surface area contributed by atoms with Gasteiger partial charge in [-0.15, -0.1) is 0 Å². The Kier molecular flexibility index (Phi) is 4.67. The molecular weight excluding hydrogens is 286 g/mol. The van der Waals surface area contributed by atoms with Crippen molar-refractivity contribution in [1.82, 2.24) is 4.98 Å². The first kappa shape index (κ1) is 15.0. The Morgan fingerprint density at radius 1 is 1.32 bits per heavy atom. The fourth-order valence-corrected chi connectivity index (χ4v) is 1.62. The van der Waals surface area contributed by atoms with Gasteiger partial charge in [0, 0.05) is 6.20 Å². The molecule has 22 heavy (non-hydrogen) atoms. The minimum atomic E-state index is -1.21. The zero-order chi connectivity index (χ0) is 15.9. The van der Waals surface area contributed by atoms with Gasteiger partial charge < -0.3 is 9.84 Å². The molecule has 1 aromatic carbocycles. The fourth-order valence-electron chi connectivity index (χ4n) is 1.62. The van der Waals surface area contributed by atoms with Crippen molar-refractivity contribution in [1.29, 1.82) is 5.26 Å². The van der Waals surface area contributed by atoms with Crippen LogP contribution in [-0.4, -0.2) is 22.2 Å². The number of carbonyl (C=O) groups is 2. The van der Waals surface area contributed by atoms with E-state index >= 15 is 0 Å². The lowest BCUT2D eigenvalue weighted by Crippen LogP contribution is -2.16. The van der Waals surface area contributed by atoms with E-state index in [-0.39, 0.29) is 23.6 Å². The minimum Gasteiger partial charge on any atom is -0.478 e. The zero-order valence-electron chi connectivity index (χ0n) is 11.3. The molecule has 1 aromatic heterocycles. The van der Waals surface area contributed by atoms with Gasteiger partial charge in [0.2, 0.25) is 0 Å². The summed E-state index contributed by atoms with van der Waals surface area (Å²) in [5.41, 5.74) is 0.614. The highest BCUT2D eigenvalue weighted by atomic mass is 16.5. The van der Waals surface area contributed by atoms with E-state index in [1.807, 2.05) is 18.2 Å². The largest absolute Gasteiger partial charge is 0.478 e. The molecule has 0 bridgehead atoms. The predicted molar refractivity (Wildman–Crippen MR) is 76.2 cm³/mol. The number of anilines is 1. The summed E-state index contributed by atoms with van der Waals surface area (Å²) >= 11 is 0. The number of aromatic nitrogens is 1. The standard InChI is InChI=1S/C15H11N3O4/c16-7-11-6-12(14(19)20)8-17-13(11)18-15(21)22-9-10-4-2-1-3-5-10/h1-6,8H,9H2,(H,19,20)(H,17,18,21). The summed E-state index contributed by atoms with van der Waals surface area (Å²) in [6, 6.07) is 12.0. The SMILES string of the molecule is N#Cc1cc(C(=O)O)cnc1NC(=O)OCc1ccccc1. The molecule has 0 radical (unpaired) electrons. The summed E-state index contributed by atoms with van der Waals surface area (Å²) in [6.45, 7) is 0.0712. The molecule has 2 N–H and O–H groups in total. The number of rotatable bonds is 4. The number of hydrogen-bond donors (Lipinski definition) is 2. The first-order valence-corrected chi connectivity index (χ1v) is 6.21. The van der Waals surface area contributed by atoms with Crippen LogP contribution >= 0.6 is 0 Å². The summed E-state index contributed by atoms with van der Waals surface area (Å²) < 4.78 is 4.99. The second-order valence-electron chi connectivity index (χ2n) is 4.22. The number of benzene rings is 1. The van der Waals surface area contributed by atoms with E-state index in [4.69, 9.17) is 15.1 Å². The van der Waals surface area contributed by atoms with Crippen molar-refractivity contribution in [3.8, 4) is 6.07 Å². The fraction of sp³-hybridized carbons (Fsp3) is 0.0667. The van der Waals surface area contributed by atoms with Crippen molar-refractivity contribution in [2.75, 3.05) is 5.32 Å². The lowest BCUT2D eigenvalue weighted by atomic mass is 10.2. The number of aromatic carboxylic acids is 1. The highest BCUT2D eigenvalue weighted by Gasteiger charge is 2.12. The molecule has 1 heterocycles. The molecule has 0 aliphatic heterocycles. The second-order valence-corrected chi connectivity index (χ2v) is 4.22. The third kappa shape index (κ3) is 3.80. The lowest BCUT2D eigenvalue weighted by molar-refractivity contribution is 0.0696. The first-order chi connectivity index (χ1) is 10.6. The number of carboxylic acid groups (broad SMARTS) is 1. The molecule has 110 valence electrons. The van der Waals surface area contributed by atoms with Gasteiger partial charge in [0.05, 0.1) is 11.1 Å². The lowest BCUT2D eigenvalue weighted by Gasteiger charge is -2.08. The molecule has 2 aromatic rings. The Hall–Kier alpha value is -3.40. The summed E-state index contributed by atoms with van der Waals surface area (Å²) in [5.74, 6) is -1.26. The Labute approximate surface area is 125 Å². The van der Waals surface area contributed by atoms with Crippen LogP contribution in [0.5, 0.6) is 0 Å². The Morgan fingerprint density at radius 3 is 2.68 bits per heavy atom. The topological polar surface area (TPSA) is 112 Å². The summed E-state index contributed by atoms with van der Waals surface area (Å²) in [6.07, 6.45) is 0.270. The van der Waals surface area contributed by atoms with Gasteiger partial charge in [-0.05, 0) is 11.6 Å². The number of nitrogens with zero attached hydrogens (tertiary/aromatic N) is 2. The van der Waals surface area contributed by atoms with Crippen LogP contribution < -0.4 is 5.32 Å². The molecule has 0 saturated carbocycles. The number of nitriles is 1. The smallest absolute Gasteiger partial charge is 0.413 e. The maximum Gasteiger partial charge on any atom is 0.413 e. The third-order valence-corrected chi connectivity index (χ3v) is 2.69. The number of hydrogen-bond acceptors (Lipinski definition) is 5. The number of carboxylic acids is 1. The number of carbonyl (C=O) groups excluding carboxylic acids is 1. The van der Waals surface area contributed by atoms with E-state index in [0.717, 1.165) is 17.8 Å². The van der Waals surface area contributed by atoms with E-state index in [0.29, 0.717) is 0 Å². The van der Waals surface area contributed by atoms with Crippen molar-refractivity contribution in [3.05, 3.63) is 59.3 Å². The predicted octanol–water partition coefficient (Wildman–Crippen LogP) is 2.40. The molecular formula is C15H11N3O4. The van der Waals surface area contributed by atoms with Crippen LogP contribution in [0, 0.1) is 11.3 Å². The summed E-state index contributed by atoms with van der Waals surface area (Å²) in [7, 11) is 0. The van der Waals surface area contributed by atoms with Crippen LogP contribution in [0.2, 0.25) is 0 Å². The number of nitrogens with one attached hydrogen (secondary N) is 1. The highest BCUT2D eigenvalue weighted by molar-refractivity contribution is 5.90. The van der Waals surface area contributed by atoms with E-state index in [2.05, 4.69) is 10.3 Å². The Balaban J connectivity index is 2.02. The maximum absolute atomic E-state index is 11.7. The van der Waals surface area contributed by atoms with Gasteiger partial charge in [-0.25, -0.2) is 14.6 Å². The van der Waals surface area contributed by atoms with Gasteiger partial charge >= 0.3 is 12.1 Å². The highest BCUT2D eigenvalue weighted by Crippen LogP contribution is 2.14. The summed E-state index contributed by atoms with van der Waals surface area (Å²) in [4.78, 5) is 26.2. The number of amides is 1. The average Bonchev–Trinajstić information content (AvgIpc) is 2.54. The van der Waals surface area contributed by atoms with Crippen LogP contribution in [0.15, 0.2) is 42.6 Å². The van der Waals surface area contributed by atoms with Crippen LogP contribution in [0.1, 0.15) is 21.5 Å². The van der Waals surface area contributed by atoms with Gasteiger partial charge in [-0.3, -0.25) is 5.32 Å². The molecule has 0 aliphatic carbocycles. The van der Waals surface area contributed by atoms with Gasteiger partial charge in [-0.1, -0.05) is 30.3 Å². The molecule has 7 heteroatoms. The molecule has 0 fully saturated rings. The van der Waals surface area contributed by atoms with Gasteiger partial charge in [0.15, 0.2) is 5.82 Å². The molecule has 2 rings (SSSR count). The van der Waals surface area contributed by atoms with Crippen molar-refractivity contribution < 1.29 is 19.4 Å². The Bertz CT molecular complexity index is 738. The maximum atomic E-state index is 11.7. The number of pyridine rings is 1. The van der Waals surface area contributed by atoms with Crippen LogP contribution in [-0.2, 0) is 11.3 Å². The monoisotopic (exact) mass is 297 g/mol. The van der Waals surface area contributed by atoms with E-state index in [1.165, 1.54) is 0 Å².